The highest BCUT2D eigenvalue weighted by molar-refractivity contribution is 6.30. The second kappa shape index (κ2) is 8.41. The van der Waals surface area contributed by atoms with E-state index in [1.54, 1.807) is 37.8 Å². The molecule has 0 aliphatic carbocycles. The van der Waals surface area contributed by atoms with Crippen LogP contribution in [0, 0.1) is 0 Å². The molecule has 1 aromatic carbocycles. The first kappa shape index (κ1) is 24.6. The van der Waals surface area contributed by atoms with Crippen molar-refractivity contribution in [1.82, 2.24) is 9.80 Å². The monoisotopic (exact) mass is 476 g/mol. The van der Waals surface area contributed by atoms with Crippen molar-refractivity contribution >= 4 is 23.6 Å². The zero-order chi connectivity index (χ0) is 24.1. The number of likely N-dealkylation sites (tertiary alicyclic amines) is 1. The van der Waals surface area contributed by atoms with Crippen molar-refractivity contribution in [3.8, 4) is 0 Å². The van der Waals surface area contributed by atoms with Gasteiger partial charge in [-0.15, -0.1) is 0 Å². The van der Waals surface area contributed by atoms with Gasteiger partial charge in [0.25, 0.3) is 5.91 Å². The summed E-state index contributed by atoms with van der Waals surface area (Å²) < 4.78 is 45.2. The van der Waals surface area contributed by atoms with Crippen LogP contribution in [0.4, 0.5) is 18.0 Å². The molecule has 0 spiro atoms. The predicted molar refractivity (Wildman–Crippen MR) is 112 cm³/mol. The zero-order valence-electron chi connectivity index (χ0n) is 18.6. The molecule has 0 bridgehead atoms. The maximum absolute atomic E-state index is 13.2. The Morgan fingerprint density at radius 2 is 1.81 bits per heavy atom. The lowest BCUT2D eigenvalue weighted by Gasteiger charge is -2.37. The molecule has 1 saturated heterocycles. The number of nitrogens with zero attached hydrogens (tertiary/aromatic N) is 2. The fraction of sp³-hybridized carbons (Fsp3) is 0.636. The Hall–Kier alpha value is -2.00. The van der Waals surface area contributed by atoms with E-state index in [9.17, 15) is 27.9 Å². The third kappa shape index (κ3) is 4.83. The summed E-state index contributed by atoms with van der Waals surface area (Å²) in [5.74, 6) is -1.40. The summed E-state index contributed by atoms with van der Waals surface area (Å²) in [5, 5.41) is 10.3. The average molecular weight is 477 g/mol. The lowest BCUT2D eigenvalue weighted by Crippen LogP contribution is -2.56. The Bertz CT molecular complexity index is 912. The van der Waals surface area contributed by atoms with E-state index in [1.165, 1.54) is 0 Å². The van der Waals surface area contributed by atoms with Crippen LogP contribution in [0.15, 0.2) is 12.1 Å². The number of rotatable bonds is 2. The number of alkyl halides is 3. The first-order chi connectivity index (χ1) is 14.6. The van der Waals surface area contributed by atoms with Crippen LogP contribution in [-0.2, 0) is 22.5 Å². The van der Waals surface area contributed by atoms with Crippen molar-refractivity contribution < 1.29 is 32.6 Å². The van der Waals surface area contributed by atoms with Crippen LogP contribution in [0.2, 0.25) is 5.02 Å². The fourth-order valence-electron chi connectivity index (χ4n) is 4.19. The minimum atomic E-state index is -5.09. The molecule has 2 heterocycles. The van der Waals surface area contributed by atoms with Crippen LogP contribution in [-0.4, -0.2) is 57.4 Å². The zero-order valence-corrected chi connectivity index (χ0v) is 19.3. The smallest absolute Gasteiger partial charge is 0.426 e. The van der Waals surface area contributed by atoms with Crippen molar-refractivity contribution in [2.75, 3.05) is 13.1 Å². The molecular weight excluding hydrogens is 449 g/mol. The molecule has 0 aromatic heterocycles. The van der Waals surface area contributed by atoms with Gasteiger partial charge < -0.3 is 19.6 Å². The first-order valence-electron chi connectivity index (χ1n) is 10.5. The van der Waals surface area contributed by atoms with Gasteiger partial charge in [-0.3, -0.25) is 4.79 Å². The van der Waals surface area contributed by atoms with E-state index >= 15 is 0 Å². The third-order valence-electron chi connectivity index (χ3n) is 5.84. The number of aliphatic hydroxyl groups is 1. The molecule has 1 fully saturated rings. The molecular formula is C22H28ClF3N2O4. The van der Waals surface area contributed by atoms with Gasteiger partial charge in [0.1, 0.15) is 5.60 Å². The van der Waals surface area contributed by atoms with E-state index in [4.69, 9.17) is 16.3 Å². The molecule has 0 saturated carbocycles. The summed E-state index contributed by atoms with van der Waals surface area (Å²) in [7, 11) is 0. The molecule has 10 heteroatoms. The lowest BCUT2D eigenvalue weighted by molar-refractivity contribution is -0.250. The van der Waals surface area contributed by atoms with E-state index in [2.05, 4.69) is 0 Å². The van der Waals surface area contributed by atoms with Gasteiger partial charge in [-0.1, -0.05) is 11.6 Å². The number of benzene rings is 1. The maximum Gasteiger partial charge on any atom is 0.426 e. The average Bonchev–Trinajstić information content (AvgIpc) is 3.14. The topological polar surface area (TPSA) is 70.1 Å². The second-order valence-electron chi connectivity index (χ2n) is 9.51. The summed E-state index contributed by atoms with van der Waals surface area (Å²) in [6, 6.07) is 3.07. The molecule has 178 valence electrons. The number of amides is 2. The highest BCUT2D eigenvalue weighted by Crippen LogP contribution is 2.40. The standard InChI is InChI=1S/C22H28ClF3N2O4/c1-20(2,3)32-19(30)28-8-5-6-17(28)15-11-14(23)10-13-7-9-27(12-16(13)15)18(29)21(4,31)22(24,25)26/h10-11,17,31H,5-9,12H2,1-4H3/t17-,21+/m0/s1. The molecule has 0 unspecified atom stereocenters. The summed E-state index contributed by atoms with van der Waals surface area (Å²) >= 11 is 6.32. The second-order valence-corrected chi connectivity index (χ2v) is 9.95. The summed E-state index contributed by atoms with van der Waals surface area (Å²) in [5.41, 5.74) is -1.98. The number of halogens is 4. The Morgan fingerprint density at radius 3 is 2.41 bits per heavy atom. The van der Waals surface area contributed by atoms with Crippen molar-refractivity contribution in [2.45, 2.75) is 76.9 Å². The van der Waals surface area contributed by atoms with E-state index in [1.807, 2.05) is 0 Å². The van der Waals surface area contributed by atoms with Crippen LogP contribution in [0.1, 0.15) is 63.3 Å². The largest absolute Gasteiger partial charge is 0.444 e. The van der Waals surface area contributed by atoms with Gasteiger partial charge in [-0.25, -0.2) is 4.79 Å². The van der Waals surface area contributed by atoms with Crippen molar-refractivity contribution in [2.24, 2.45) is 0 Å². The number of hydrogen-bond donors (Lipinski definition) is 1. The number of fused-ring (bicyclic) bond motifs is 1. The molecule has 2 aliphatic rings. The molecule has 1 aromatic rings. The van der Waals surface area contributed by atoms with Crippen LogP contribution in [0.25, 0.3) is 0 Å². The Morgan fingerprint density at radius 1 is 1.16 bits per heavy atom. The van der Waals surface area contributed by atoms with Gasteiger partial charge in [-0.2, -0.15) is 13.2 Å². The normalized spacial score (nSPS) is 21.2. The van der Waals surface area contributed by atoms with Crippen molar-refractivity contribution in [3.05, 3.63) is 33.8 Å². The minimum Gasteiger partial charge on any atom is -0.444 e. The highest BCUT2D eigenvalue weighted by Gasteiger charge is 2.57. The van der Waals surface area contributed by atoms with Gasteiger partial charge in [0.15, 0.2) is 0 Å². The van der Waals surface area contributed by atoms with E-state index in [0.717, 1.165) is 16.9 Å². The van der Waals surface area contributed by atoms with Gasteiger partial charge in [-0.05, 0) is 75.8 Å². The van der Waals surface area contributed by atoms with Gasteiger partial charge in [0.2, 0.25) is 5.60 Å². The molecule has 2 atom stereocenters. The molecule has 32 heavy (non-hydrogen) atoms. The molecule has 2 amide bonds. The summed E-state index contributed by atoms with van der Waals surface area (Å²) in [6.45, 7) is 6.18. The molecule has 6 nitrogen and oxygen atoms in total. The van der Waals surface area contributed by atoms with E-state index in [0.29, 0.717) is 42.5 Å². The molecule has 0 radical (unpaired) electrons. The van der Waals surface area contributed by atoms with Gasteiger partial charge in [0, 0.05) is 24.7 Å². The SMILES string of the molecule is CC(C)(C)OC(=O)N1CCC[C@H]1c1cc(Cl)cc2c1CN(C(=O)[C@@](C)(O)C(F)(F)F)CC2. The number of carbonyl (C=O) groups is 2. The molecule has 3 rings (SSSR count). The quantitative estimate of drug-likeness (QED) is 0.676. The lowest BCUT2D eigenvalue weighted by atomic mass is 9.89. The van der Waals surface area contributed by atoms with Crippen molar-refractivity contribution in [3.63, 3.8) is 0 Å². The molecule has 2 aliphatic heterocycles. The first-order valence-corrected chi connectivity index (χ1v) is 10.9. The van der Waals surface area contributed by atoms with Crippen LogP contribution < -0.4 is 0 Å². The van der Waals surface area contributed by atoms with E-state index in [-0.39, 0.29) is 19.1 Å². The van der Waals surface area contributed by atoms with Crippen LogP contribution in [0.5, 0.6) is 0 Å². The maximum atomic E-state index is 13.2. The fourth-order valence-corrected chi connectivity index (χ4v) is 4.44. The highest BCUT2D eigenvalue weighted by atomic mass is 35.5. The Kier molecular flexibility index (Phi) is 6.47. The molecule has 1 N–H and O–H groups in total. The number of carbonyl (C=O) groups excluding carboxylic acids is 2. The predicted octanol–water partition coefficient (Wildman–Crippen LogP) is 4.61. The summed E-state index contributed by atoms with van der Waals surface area (Å²) in [4.78, 5) is 27.9. The number of hydrogen-bond acceptors (Lipinski definition) is 4. The Labute approximate surface area is 190 Å². The Balaban J connectivity index is 1.94. The van der Waals surface area contributed by atoms with Crippen LogP contribution in [0.3, 0.4) is 0 Å². The minimum absolute atomic E-state index is 0.0261. The van der Waals surface area contributed by atoms with E-state index < -0.39 is 29.4 Å². The van der Waals surface area contributed by atoms with Gasteiger partial charge in [0.05, 0.1) is 6.04 Å². The number of ether oxygens (including phenoxy) is 1. The summed E-state index contributed by atoms with van der Waals surface area (Å²) in [6.07, 6.45) is -3.90. The van der Waals surface area contributed by atoms with Gasteiger partial charge >= 0.3 is 12.3 Å². The van der Waals surface area contributed by atoms with Crippen molar-refractivity contribution in [1.29, 1.82) is 0 Å². The third-order valence-corrected chi connectivity index (χ3v) is 6.06. The van der Waals surface area contributed by atoms with Crippen LogP contribution >= 0.6 is 11.6 Å².